The highest BCUT2D eigenvalue weighted by molar-refractivity contribution is 14.1. The summed E-state index contributed by atoms with van der Waals surface area (Å²) < 4.78 is 1.90. The van der Waals surface area contributed by atoms with E-state index in [9.17, 15) is 0 Å². The van der Waals surface area contributed by atoms with Gasteiger partial charge in [0.25, 0.3) is 0 Å². The highest BCUT2D eigenvalue weighted by Gasteiger charge is 2.29. The average molecular weight is 470 g/mol. The molecule has 1 aromatic carbocycles. The van der Waals surface area contributed by atoms with Gasteiger partial charge < -0.3 is 0 Å². The van der Waals surface area contributed by atoms with Crippen LogP contribution in [0.4, 0.5) is 0 Å². The molecule has 1 fully saturated rings. The molecule has 1 aromatic heterocycles. The molecule has 3 rings (SSSR count). The van der Waals surface area contributed by atoms with Gasteiger partial charge in [-0.15, -0.1) is 0 Å². The standard InChI is InChI=1S/C13H8BrCl2IN2/c14-7-3-4-9(15)8(5-7)13-18-11(6-1-2-6)10(17)12(16)19-13/h3-6H,1-2H2. The number of rotatable bonds is 2. The minimum absolute atomic E-state index is 0.503. The average Bonchev–Trinajstić information content (AvgIpc) is 3.20. The summed E-state index contributed by atoms with van der Waals surface area (Å²) in [5.74, 6) is 1.12. The van der Waals surface area contributed by atoms with Gasteiger partial charge in [-0.25, -0.2) is 9.97 Å². The Balaban J connectivity index is 2.17. The Morgan fingerprint density at radius 2 is 1.95 bits per heavy atom. The Kier molecular flexibility index (Phi) is 4.04. The third-order valence-corrected chi connectivity index (χ3v) is 5.45. The Morgan fingerprint density at radius 3 is 2.63 bits per heavy atom. The van der Waals surface area contributed by atoms with Crippen LogP contribution in [0.5, 0.6) is 0 Å². The summed E-state index contributed by atoms with van der Waals surface area (Å²) in [7, 11) is 0. The number of benzene rings is 1. The molecule has 0 atom stereocenters. The largest absolute Gasteiger partial charge is 0.232 e. The minimum Gasteiger partial charge on any atom is -0.232 e. The van der Waals surface area contributed by atoms with Gasteiger partial charge in [-0.1, -0.05) is 39.1 Å². The fourth-order valence-corrected chi connectivity index (χ4v) is 3.27. The summed E-state index contributed by atoms with van der Waals surface area (Å²) in [6.07, 6.45) is 2.35. The van der Waals surface area contributed by atoms with Crippen LogP contribution in [0.2, 0.25) is 10.2 Å². The molecule has 0 bridgehead atoms. The van der Waals surface area contributed by atoms with Crippen LogP contribution in [0.15, 0.2) is 22.7 Å². The lowest BCUT2D eigenvalue weighted by Crippen LogP contribution is -2.00. The second-order valence-electron chi connectivity index (χ2n) is 4.44. The predicted molar refractivity (Wildman–Crippen MR) is 89.9 cm³/mol. The zero-order valence-electron chi connectivity index (χ0n) is 9.63. The SMILES string of the molecule is Clc1ccc(Br)cc1-c1nc(Cl)c(I)c(C2CC2)n1. The van der Waals surface area contributed by atoms with Crippen LogP contribution >= 0.6 is 61.7 Å². The van der Waals surface area contributed by atoms with Gasteiger partial charge in [0.1, 0.15) is 5.15 Å². The summed E-state index contributed by atoms with van der Waals surface area (Å²) >= 11 is 18.1. The molecule has 0 unspecified atom stereocenters. The summed E-state index contributed by atoms with van der Waals surface area (Å²) in [4.78, 5) is 9.02. The number of nitrogens with zero attached hydrogens (tertiary/aromatic N) is 2. The first kappa shape index (κ1) is 14.0. The lowest BCUT2D eigenvalue weighted by atomic mass is 10.2. The van der Waals surface area contributed by atoms with Crippen molar-refractivity contribution in [1.29, 1.82) is 0 Å². The number of halogens is 4. The van der Waals surface area contributed by atoms with Crippen molar-refractivity contribution in [3.8, 4) is 11.4 Å². The van der Waals surface area contributed by atoms with Crippen LogP contribution in [0.3, 0.4) is 0 Å². The first-order valence-corrected chi connectivity index (χ1v) is 8.37. The minimum atomic E-state index is 0.503. The molecule has 0 saturated heterocycles. The monoisotopic (exact) mass is 468 g/mol. The topological polar surface area (TPSA) is 25.8 Å². The maximum Gasteiger partial charge on any atom is 0.162 e. The lowest BCUT2D eigenvalue weighted by Gasteiger charge is -2.09. The van der Waals surface area contributed by atoms with E-state index in [1.807, 2.05) is 18.2 Å². The molecule has 0 amide bonds. The van der Waals surface area contributed by atoms with E-state index in [1.165, 1.54) is 12.8 Å². The van der Waals surface area contributed by atoms with E-state index in [2.05, 4.69) is 48.5 Å². The Labute approximate surface area is 143 Å². The van der Waals surface area contributed by atoms with E-state index < -0.39 is 0 Å². The van der Waals surface area contributed by atoms with Gasteiger partial charge in [0.2, 0.25) is 0 Å². The quantitative estimate of drug-likeness (QED) is 0.417. The summed E-state index contributed by atoms with van der Waals surface area (Å²) in [5.41, 5.74) is 1.85. The molecule has 0 radical (unpaired) electrons. The van der Waals surface area contributed by atoms with Crippen LogP contribution in [-0.2, 0) is 0 Å². The Hall–Kier alpha value is 0.0900. The predicted octanol–water partition coefficient (Wildman–Crippen LogP) is 5.69. The molecule has 1 saturated carbocycles. The number of hydrogen-bond donors (Lipinski definition) is 0. The summed E-state index contributed by atoms with van der Waals surface area (Å²) in [6, 6.07) is 5.63. The van der Waals surface area contributed by atoms with E-state index in [0.717, 1.165) is 19.3 Å². The molecular weight excluding hydrogens is 462 g/mol. The van der Waals surface area contributed by atoms with Crippen molar-refractivity contribution in [2.75, 3.05) is 0 Å². The molecule has 98 valence electrons. The fraction of sp³-hybridized carbons (Fsp3) is 0.231. The van der Waals surface area contributed by atoms with Crippen molar-refractivity contribution in [2.24, 2.45) is 0 Å². The number of hydrogen-bond acceptors (Lipinski definition) is 2. The summed E-state index contributed by atoms with van der Waals surface area (Å²) in [5, 5.41) is 1.13. The van der Waals surface area contributed by atoms with Crippen LogP contribution in [0.25, 0.3) is 11.4 Å². The van der Waals surface area contributed by atoms with E-state index in [0.29, 0.717) is 21.9 Å². The van der Waals surface area contributed by atoms with Gasteiger partial charge >= 0.3 is 0 Å². The van der Waals surface area contributed by atoms with Crippen molar-refractivity contribution in [1.82, 2.24) is 9.97 Å². The van der Waals surface area contributed by atoms with Crippen LogP contribution in [0.1, 0.15) is 24.5 Å². The van der Waals surface area contributed by atoms with E-state index in [-0.39, 0.29) is 0 Å². The molecule has 6 heteroatoms. The highest BCUT2D eigenvalue weighted by Crippen LogP contribution is 2.43. The molecule has 0 N–H and O–H groups in total. The first-order chi connectivity index (χ1) is 9.06. The zero-order chi connectivity index (χ0) is 13.6. The van der Waals surface area contributed by atoms with E-state index >= 15 is 0 Å². The van der Waals surface area contributed by atoms with Crippen molar-refractivity contribution >= 4 is 61.7 Å². The van der Waals surface area contributed by atoms with Gasteiger partial charge in [-0.3, -0.25) is 0 Å². The van der Waals surface area contributed by atoms with E-state index in [1.54, 1.807) is 0 Å². The second kappa shape index (κ2) is 5.47. The Morgan fingerprint density at radius 1 is 1.21 bits per heavy atom. The molecule has 0 aliphatic heterocycles. The third kappa shape index (κ3) is 2.91. The normalized spacial score (nSPS) is 14.7. The molecular formula is C13H8BrCl2IN2. The lowest BCUT2D eigenvalue weighted by molar-refractivity contribution is 0.978. The smallest absolute Gasteiger partial charge is 0.162 e. The maximum absolute atomic E-state index is 6.22. The second-order valence-corrected chi connectivity index (χ2v) is 7.20. The summed E-state index contributed by atoms with van der Waals surface area (Å²) in [6.45, 7) is 0. The molecule has 19 heavy (non-hydrogen) atoms. The molecule has 2 nitrogen and oxygen atoms in total. The molecule has 0 spiro atoms. The van der Waals surface area contributed by atoms with Gasteiger partial charge in [-0.2, -0.15) is 0 Å². The first-order valence-electron chi connectivity index (χ1n) is 5.74. The van der Waals surface area contributed by atoms with Gasteiger partial charge in [0.05, 0.1) is 14.3 Å². The van der Waals surface area contributed by atoms with Crippen LogP contribution < -0.4 is 0 Å². The van der Waals surface area contributed by atoms with Crippen molar-refractivity contribution in [3.05, 3.63) is 42.1 Å². The highest BCUT2D eigenvalue weighted by atomic mass is 127. The van der Waals surface area contributed by atoms with Gasteiger partial charge in [-0.05, 0) is 53.6 Å². The van der Waals surface area contributed by atoms with Crippen molar-refractivity contribution < 1.29 is 0 Å². The van der Waals surface area contributed by atoms with E-state index in [4.69, 9.17) is 23.2 Å². The maximum atomic E-state index is 6.22. The Bertz CT molecular complexity index is 659. The third-order valence-electron chi connectivity index (χ3n) is 2.97. The number of aromatic nitrogens is 2. The van der Waals surface area contributed by atoms with Crippen molar-refractivity contribution in [3.63, 3.8) is 0 Å². The molecule has 2 aromatic rings. The van der Waals surface area contributed by atoms with Gasteiger partial charge in [0.15, 0.2) is 5.82 Å². The zero-order valence-corrected chi connectivity index (χ0v) is 14.9. The van der Waals surface area contributed by atoms with Crippen molar-refractivity contribution in [2.45, 2.75) is 18.8 Å². The molecule has 1 aliphatic rings. The van der Waals surface area contributed by atoms with Crippen LogP contribution in [-0.4, -0.2) is 9.97 Å². The fourth-order valence-electron chi connectivity index (χ4n) is 1.85. The van der Waals surface area contributed by atoms with Gasteiger partial charge in [0, 0.05) is 16.0 Å². The molecule has 1 heterocycles. The molecule has 1 aliphatic carbocycles. The van der Waals surface area contributed by atoms with Crippen LogP contribution in [0, 0.1) is 3.57 Å².